The van der Waals surface area contributed by atoms with Crippen LogP contribution in [0, 0.1) is 0 Å². The van der Waals surface area contributed by atoms with Gasteiger partial charge in [-0.3, -0.25) is 0 Å². The minimum absolute atomic E-state index is 0.669. The Bertz CT molecular complexity index is 741. The highest BCUT2D eigenvalue weighted by Crippen LogP contribution is 2.25. The van der Waals surface area contributed by atoms with Crippen molar-refractivity contribution in [2.75, 3.05) is 0 Å². The summed E-state index contributed by atoms with van der Waals surface area (Å²) in [6, 6.07) is 17.3. The molecule has 0 aliphatic heterocycles. The molecule has 1 aromatic heterocycles. The molecule has 0 amide bonds. The second-order valence-corrected chi connectivity index (χ2v) is 5.21. The van der Waals surface area contributed by atoms with E-state index in [4.69, 9.17) is 11.6 Å². The summed E-state index contributed by atoms with van der Waals surface area (Å²) in [6.45, 7) is 0. The van der Waals surface area contributed by atoms with E-state index in [9.17, 15) is 0 Å². The van der Waals surface area contributed by atoms with Gasteiger partial charge in [0.25, 0.3) is 0 Å². The molecule has 2 aromatic carbocycles. The van der Waals surface area contributed by atoms with Gasteiger partial charge in [-0.2, -0.15) is 0 Å². The molecule has 0 radical (unpaired) electrons. The Hall–Kier alpha value is -1.84. The zero-order valence-corrected chi connectivity index (χ0v) is 12.1. The Morgan fingerprint density at radius 1 is 0.900 bits per heavy atom. The van der Waals surface area contributed by atoms with Gasteiger partial charge in [-0.1, -0.05) is 41.9 Å². The molecule has 20 heavy (non-hydrogen) atoms. The summed E-state index contributed by atoms with van der Waals surface area (Å²) in [4.78, 5) is 9.79. The second kappa shape index (κ2) is 5.65. The number of benzene rings is 2. The highest BCUT2D eigenvalue weighted by Gasteiger charge is 2.07. The first kappa shape index (κ1) is 13.2. The fraction of sp³-hybridized carbons (Fsp3) is 0. The van der Waals surface area contributed by atoms with Crippen LogP contribution >= 0.6 is 24.2 Å². The summed E-state index contributed by atoms with van der Waals surface area (Å²) < 4.78 is 0. The summed E-state index contributed by atoms with van der Waals surface area (Å²) in [6.07, 6.45) is 1.76. The summed E-state index contributed by atoms with van der Waals surface area (Å²) in [5, 5.41) is 0.712. The minimum Gasteiger partial charge on any atom is -0.237 e. The van der Waals surface area contributed by atoms with Gasteiger partial charge in [-0.25, -0.2) is 9.97 Å². The van der Waals surface area contributed by atoms with E-state index in [2.05, 4.69) is 22.6 Å². The molecule has 0 atom stereocenters. The third-order valence-electron chi connectivity index (χ3n) is 2.94. The first-order valence-corrected chi connectivity index (χ1v) is 6.94. The SMILES string of the molecule is Sc1ccccc1-c1nccc(-c2ccc(Cl)cc2)n1. The maximum atomic E-state index is 5.90. The van der Waals surface area contributed by atoms with Crippen molar-refractivity contribution in [3.05, 3.63) is 65.8 Å². The number of nitrogens with zero attached hydrogens (tertiary/aromatic N) is 2. The molecule has 0 aliphatic rings. The standard InChI is InChI=1S/C16H11ClN2S/c17-12-7-5-11(6-8-12)14-9-10-18-16(19-14)13-3-1-2-4-15(13)20/h1-10,20H. The fourth-order valence-corrected chi connectivity index (χ4v) is 2.32. The molecule has 4 heteroatoms. The normalized spacial score (nSPS) is 10.5. The largest absolute Gasteiger partial charge is 0.237 e. The van der Waals surface area contributed by atoms with Crippen LogP contribution in [0.3, 0.4) is 0 Å². The van der Waals surface area contributed by atoms with Gasteiger partial charge < -0.3 is 0 Å². The number of rotatable bonds is 2. The summed E-state index contributed by atoms with van der Waals surface area (Å²) in [5.74, 6) is 0.669. The van der Waals surface area contributed by atoms with Crippen molar-refractivity contribution >= 4 is 24.2 Å². The van der Waals surface area contributed by atoms with E-state index in [-0.39, 0.29) is 0 Å². The molecule has 98 valence electrons. The maximum absolute atomic E-state index is 5.90. The molecule has 0 fully saturated rings. The third-order valence-corrected chi connectivity index (χ3v) is 3.58. The Morgan fingerprint density at radius 3 is 2.40 bits per heavy atom. The maximum Gasteiger partial charge on any atom is 0.160 e. The molecule has 0 bridgehead atoms. The van der Waals surface area contributed by atoms with Crippen molar-refractivity contribution in [2.45, 2.75) is 4.90 Å². The molecule has 0 saturated carbocycles. The van der Waals surface area contributed by atoms with E-state index in [1.165, 1.54) is 0 Å². The highest BCUT2D eigenvalue weighted by atomic mass is 35.5. The average molecular weight is 299 g/mol. The lowest BCUT2D eigenvalue weighted by molar-refractivity contribution is 1.16. The molecule has 0 spiro atoms. The van der Waals surface area contributed by atoms with E-state index in [0.717, 1.165) is 21.7 Å². The van der Waals surface area contributed by atoms with Gasteiger partial charge in [-0.15, -0.1) is 12.6 Å². The van der Waals surface area contributed by atoms with Crippen molar-refractivity contribution < 1.29 is 0 Å². The highest BCUT2D eigenvalue weighted by molar-refractivity contribution is 7.80. The van der Waals surface area contributed by atoms with E-state index >= 15 is 0 Å². The van der Waals surface area contributed by atoms with Crippen LogP contribution in [0.25, 0.3) is 22.6 Å². The third kappa shape index (κ3) is 2.69. The van der Waals surface area contributed by atoms with Crippen molar-refractivity contribution in [1.82, 2.24) is 9.97 Å². The predicted molar refractivity (Wildman–Crippen MR) is 85.2 cm³/mol. The van der Waals surface area contributed by atoms with Gasteiger partial charge >= 0.3 is 0 Å². The van der Waals surface area contributed by atoms with E-state index in [1.54, 1.807) is 6.20 Å². The molecule has 0 saturated heterocycles. The van der Waals surface area contributed by atoms with Crippen LogP contribution in [0.2, 0.25) is 5.02 Å². The summed E-state index contributed by atoms with van der Waals surface area (Å²) >= 11 is 10.4. The first-order chi connectivity index (χ1) is 9.74. The van der Waals surface area contributed by atoms with Crippen LogP contribution in [0.15, 0.2) is 65.7 Å². The number of hydrogen-bond donors (Lipinski definition) is 1. The second-order valence-electron chi connectivity index (χ2n) is 4.29. The van der Waals surface area contributed by atoms with Crippen molar-refractivity contribution in [2.24, 2.45) is 0 Å². The lowest BCUT2D eigenvalue weighted by atomic mass is 10.1. The molecule has 0 unspecified atom stereocenters. The van der Waals surface area contributed by atoms with Gasteiger partial charge in [0, 0.05) is 27.2 Å². The summed E-state index contributed by atoms with van der Waals surface area (Å²) in [7, 11) is 0. The van der Waals surface area contributed by atoms with Crippen LogP contribution < -0.4 is 0 Å². The van der Waals surface area contributed by atoms with Crippen LogP contribution in [0.5, 0.6) is 0 Å². The summed E-state index contributed by atoms with van der Waals surface area (Å²) in [5.41, 5.74) is 2.80. The first-order valence-electron chi connectivity index (χ1n) is 6.11. The van der Waals surface area contributed by atoms with Crippen LogP contribution in [-0.4, -0.2) is 9.97 Å². The molecule has 0 N–H and O–H groups in total. The predicted octanol–water partition coefficient (Wildman–Crippen LogP) is 4.75. The average Bonchev–Trinajstić information content (AvgIpc) is 2.49. The molecular formula is C16H11ClN2S. The Balaban J connectivity index is 2.06. The Kier molecular flexibility index (Phi) is 3.72. The van der Waals surface area contributed by atoms with Crippen molar-refractivity contribution in [1.29, 1.82) is 0 Å². The number of thiol groups is 1. The number of aromatic nitrogens is 2. The zero-order chi connectivity index (χ0) is 13.9. The monoisotopic (exact) mass is 298 g/mol. The Morgan fingerprint density at radius 2 is 1.65 bits per heavy atom. The molecule has 0 aliphatic carbocycles. The van der Waals surface area contributed by atoms with Gasteiger partial charge in [0.2, 0.25) is 0 Å². The number of halogens is 1. The van der Waals surface area contributed by atoms with Crippen molar-refractivity contribution in [3.63, 3.8) is 0 Å². The fourth-order valence-electron chi connectivity index (χ4n) is 1.93. The van der Waals surface area contributed by atoms with Crippen LogP contribution in [0.1, 0.15) is 0 Å². The van der Waals surface area contributed by atoms with E-state index in [0.29, 0.717) is 10.8 Å². The Labute approximate surface area is 127 Å². The quantitative estimate of drug-likeness (QED) is 0.691. The molecule has 3 aromatic rings. The zero-order valence-electron chi connectivity index (χ0n) is 10.5. The van der Waals surface area contributed by atoms with E-state index < -0.39 is 0 Å². The van der Waals surface area contributed by atoms with E-state index in [1.807, 2.05) is 54.6 Å². The molecule has 3 rings (SSSR count). The smallest absolute Gasteiger partial charge is 0.160 e. The number of hydrogen-bond acceptors (Lipinski definition) is 3. The molecular weight excluding hydrogens is 288 g/mol. The minimum atomic E-state index is 0.669. The van der Waals surface area contributed by atoms with Gasteiger partial charge in [-0.05, 0) is 24.3 Å². The van der Waals surface area contributed by atoms with Gasteiger partial charge in [0.15, 0.2) is 5.82 Å². The molecule has 1 heterocycles. The van der Waals surface area contributed by atoms with Gasteiger partial charge in [0.1, 0.15) is 0 Å². The van der Waals surface area contributed by atoms with Crippen LogP contribution in [-0.2, 0) is 0 Å². The topological polar surface area (TPSA) is 25.8 Å². The lowest BCUT2D eigenvalue weighted by Gasteiger charge is -2.06. The molecule has 2 nitrogen and oxygen atoms in total. The van der Waals surface area contributed by atoms with Crippen LogP contribution in [0.4, 0.5) is 0 Å². The lowest BCUT2D eigenvalue weighted by Crippen LogP contribution is -1.92. The van der Waals surface area contributed by atoms with Crippen molar-refractivity contribution in [3.8, 4) is 22.6 Å². The van der Waals surface area contributed by atoms with Gasteiger partial charge in [0.05, 0.1) is 5.69 Å².